The molecule has 3 aromatic carbocycles. The van der Waals surface area contributed by atoms with Gasteiger partial charge in [-0.2, -0.15) is 8.42 Å². The zero-order valence-corrected chi connectivity index (χ0v) is 18.1. The molecule has 3 rings (SSSR count). The number of phenolic OH excluding ortho intramolecular Hbond substituents is 2. The molecule has 0 heterocycles. The van der Waals surface area contributed by atoms with Crippen molar-refractivity contribution in [3.05, 3.63) is 91.4 Å². The van der Waals surface area contributed by atoms with E-state index in [4.69, 9.17) is 46.4 Å². The van der Waals surface area contributed by atoms with Crippen molar-refractivity contribution in [1.29, 1.82) is 0 Å². The fourth-order valence-corrected chi connectivity index (χ4v) is 5.78. The molecule has 152 valence electrons. The van der Waals surface area contributed by atoms with Crippen LogP contribution in [-0.2, 0) is 14.9 Å². The van der Waals surface area contributed by atoms with E-state index in [-0.39, 0.29) is 31.2 Å². The van der Waals surface area contributed by atoms with Gasteiger partial charge in [0.25, 0.3) is 10.1 Å². The smallest absolute Gasteiger partial charge is 0.283 e. The maximum atomic E-state index is 13.0. The molecule has 0 spiro atoms. The van der Waals surface area contributed by atoms with Gasteiger partial charge in [0.2, 0.25) is 0 Å². The number of rotatable bonds is 4. The van der Waals surface area contributed by atoms with Crippen molar-refractivity contribution < 1.29 is 23.2 Å². The Morgan fingerprint density at radius 2 is 1.38 bits per heavy atom. The van der Waals surface area contributed by atoms with Gasteiger partial charge in [0, 0.05) is 37.3 Å². The summed E-state index contributed by atoms with van der Waals surface area (Å²) in [4.78, 5) is 0. The molecular weight excluding hydrogens is 482 g/mol. The quantitative estimate of drug-likeness (QED) is 0.239. The second-order valence-corrected chi connectivity index (χ2v) is 9.33. The van der Waals surface area contributed by atoms with Gasteiger partial charge in [-0.1, -0.05) is 64.6 Å². The summed E-state index contributed by atoms with van der Waals surface area (Å²) in [6, 6.07) is 11.9. The van der Waals surface area contributed by atoms with Crippen LogP contribution in [0.15, 0.2) is 54.6 Å². The molecule has 1 atom stereocenters. The highest BCUT2D eigenvalue weighted by atomic mass is 35.5. The molecule has 0 aliphatic carbocycles. The Morgan fingerprint density at radius 3 is 1.93 bits per heavy atom. The van der Waals surface area contributed by atoms with Gasteiger partial charge in [0.05, 0.1) is 0 Å². The summed E-state index contributed by atoms with van der Waals surface area (Å²) in [6.07, 6.45) is 0. The highest BCUT2D eigenvalue weighted by Crippen LogP contribution is 2.53. The molecule has 1 unspecified atom stereocenters. The van der Waals surface area contributed by atoms with E-state index < -0.39 is 31.9 Å². The standard InChI is InChI=1S/C19H12Cl4O5S/c20-11-4-1-3-10(7-11)19(29(26,27)28,17-14(22)5-2-6-15(17)23)13-8-12(21)9-16(24)18(13)25/h1-9,24-25H,(H,26,27,28). The summed E-state index contributed by atoms with van der Waals surface area (Å²) in [5.41, 5.74) is -0.785. The Hall–Kier alpha value is -1.67. The first-order valence-electron chi connectivity index (χ1n) is 7.89. The molecule has 10 heteroatoms. The molecule has 0 fully saturated rings. The third kappa shape index (κ3) is 3.65. The fraction of sp³-hybridized carbons (Fsp3) is 0.0526. The van der Waals surface area contributed by atoms with Crippen LogP contribution >= 0.6 is 46.4 Å². The highest BCUT2D eigenvalue weighted by Gasteiger charge is 2.53. The van der Waals surface area contributed by atoms with Gasteiger partial charge in [0.15, 0.2) is 16.2 Å². The van der Waals surface area contributed by atoms with Crippen LogP contribution in [0.2, 0.25) is 20.1 Å². The highest BCUT2D eigenvalue weighted by molar-refractivity contribution is 7.87. The molecule has 0 saturated heterocycles. The summed E-state index contributed by atoms with van der Waals surface area (Å²) >= 11 is 24.7. The third-order valence-electron chi connectivity index (χ3n) is 4.37. The van der Waals surface area contributed by atoms with Crippen LogP contribution in [0.25, 0.3) is 0 Å². The molecular formula is C19H12Cl4O5S. The van der Waals surface area contributed by atoms with Crippen LogP contribution in [0, 0.1) is 0 Å². The number of benzene rings is 3. The normalized spacial score (nSPS) is 13.8. The summed E-state index contributed by atoms with van der Waals surface area (Å²) in [6.45, 7) is 0. The van der Waals surface area contributed by atoms with E-state index in [0.29, 0.717) is 0 Å². The number of halogens is 4. The Balaban J connectivity index is 2.68. The zero-order valence-electron chi connectivity index (χ0n) is 14.3. The first-order chi connectivity index (χ1) is 13.5. The largest absolute Gasteiger partial charge is 0.504 e. The van der Waals surface area contributed by atoms with Crippen molar-refractivity contribution in [2.45, 2.75) is 4.75 Å². The van der Waals surface area contributed by atoms with Crippen molar-refractivity contribution in [3.8, 4) is 11.5 Å². The van der Waals surface area contributed by atoms with Crippen molar-refractivity contribution in [2.75, 3.05) is 0 Å². The van der Waals surface area contributed by atoms with Crippen molar-refractivity contribution in [1.82, 2.24) is 0 Å². The first kappa shape index (κ1) is 22.0. The lowest BCUT2D eigenvalue weighted by atomic mass is 9.83. The molecule has 0 aliphatic heterocycles. The van der Waals surface area contributed by atoms with Crippen molar-refractivity contribution in [3.63, 3.8) is 0 Å². The number of hydrogen-bond acceptors (Lipinski definition) is 4. The fourth-order valence-electron chi connectivity index (χ4n) is 3.25. The van der Waals surface area contributed by atoms with Crippen LogP contribution in [-0.4, -0.2) is 23.2 Å². The summed E-state index contributed by atoms with van der Waals surface area (Å²) < 4.78 is 34.0. The second-order valence-electron chi connectivity index (χ2n) is 6.08. The van der Waals surface area contributed by atoms with E-state index >= 15 is 0 Å². The van der Waals surface area contributed by atoms with E-state index in [1.165, 1.54) is 42.5 Å². The molecule has 0 radical (unpaired) electrons. The second kappa shape index (κ2) is 7.87. The van der Waals surface area contributed by atoms with Crippen LogP contribution in [0.4, 0.5) is 0 Å². The Morgan fingerprint density at radius 1 is 0.793 bits per heavy atom. The lowest BCUT2D eigenvalue weighted by Gasteiger charge is -2.34. The van der Waals surface area contributed by atoms with Gasteiger partial charge in [0.1, 0.15) is 0 Å². The zero-order chi connectivity index (χ0) is 21.6. The molecule has 0 aliphatic rings. The molecule has 3 N–H and O–H groups in total. The number of aromatic hydroxyl groups is 2. The Kier molecular flexibility index (Phi) is 5.98. The van der Waals surface area contributed by atoms with Gasteiger partial charge in [-0.05, 0) is 35.9 Å². The van der Waals surface area contributed by atoms with Gasteiger partial charge in [-0.25, -0.2) is 0 Å². The summed E-state index contributed by atoms with van der Waals surface area (Å²) in [5.74, 6) is -1.53. The molecule has 0 saturated carbocycles. The third-order valence-corrected chi connectivity index (χ3v) is 6.88. The monoisotopic (exact) mass is 492 g/mol. The average molecular weight is 494 g/mol. The molecule has 0 bridgehead atoms. The number of hydrogen-bond donors (Lipinski definition) is 3. The van der Waals surface area contributed by atoms with Gasteiger partial charge < -0.3 is 10.2 Å². The van der Waals surface area contributed by atoms with Crippen LogP contribution < -0.4 is 0 Å². The maximum Gasteiger partial charge on any atom is 0.283 e. The molecule has 5 nitrogen and oxygen atoms in total. The first-order valence-corrected chi connectivity index (χ1v) is 10.8. The maximum absolute atomic E-state index is 13.0. The molecule has 3 aromatic rings. The number of phenols is 2. The minimum absolute atomic E-state index is 0.0838. The van der Waals surface area contributed by atoms with Crippen LogP contribution in [0.3, 0.4) is 0 Å². The van der Waals surface area contributed by atoms with E-state index in [1.807, 2.05) is 0 Å². The van der Waals surface area contributed by atoms with Crippen molar-refractivity contribution in [2.24, 2.45) is 0 Å². The lowest BCUT2D eigenvalue weighted by Crippen LogP contribution is -2.39. The van der Waals surface area contributed by atoms with Crippen LogP contribution in [0.5, 0.6) is 11.5 Å². The SMILES string of the molecule is O=S(=O)(O)C(c1cccc(Cl)c1)(c1cc(Cl)cc(O)c1O)c1c(Cl)cccc1Cl. The average Bonchev–Trinajstić information content (AvgIpc) is 2.60. The Labute approximate surface area is 186 Å². The minimum Gasteiger partial charge on any atom is -0.504 e. The van der Waals surface area contributed by atoms with E-state index in [1.54, 1.807) is 0 Å². The molecule has 29 heavy (non-hydrogen) atoms. The molecule has 0 amide bonds. The lowest BCUT2D eigenvalue weighted by molar-refractivity contribution is 0.394. The predicted molar refractivity (Wildman–Crippen MR) is 114 cm³/mol. The van der Waals surface area contributed by atoms with Gasteiger partial charge >= 0.3 is 0 Å². The minimum atomic E-state index is -5.16. The molecule has 0 aromatic heterocycles. The Bertz CT molecular complexity index is 1190. The van der Waals surface area contributed by atoms with E-state index in [2.05, 4.69) is 0 Å². The van der Waals surface area contributed by atoms with Gasteiger partial charge in [-0.15, -0.1) is 0 Å². The topological polar surface area (TPSA) is 94.8 Å². The summed E-state index contributed by atoms with van der Waals surface area (Å²) in [5, 5.41) is 20.5. The summed E-state index contributed by atoms with van der Waals surface area (Å²) in [7, 11) is -5.16. The van der Waals surface area contributed by atoms with Crippen molar-refractivity contribution >= 4 is 56.5 Å². The van der Waals surface area contributed by atoms with E-state index in [0.717, 1.165) is 12.1 Å². The van der Waals surface area contributed by atoms with Crippen LogP contribution in [0.1, 0.15) is 16.7 Å². The van der Waals surface area contributed by atoms with E-state index in [9.17, 15) is 23.2 Å². The van der Waals surface area contributed by atoms with Gasteiger partial charge in [-0.3, -0.25) is 4.55 Å². The predicted octanol–water partition coefficient (Wildman–Crippen LogP) is 5.89.